The number of amides is 4. The number of hydrogen-bond acceptors (Lipinski definition) is 7. The molecule has 238 valence electrons. The zero-order valence-electron chi connectivity index (χ0n) is 25.5. The first-order valence-corrected chi connectivity index (χ1v) is 15.4. The van der Waals surface area contributed by atoms with Gasteiger partial charge in [-0.2, -0.15) is 0 Å². The molecule has 5 atom stereocenters. The molecule has 0 bridgehead atoms. The number of nitrogens with zero attached hydrogens (tertiary/aromatic N) is 2. The molecule has 1 unspecified atom stereocenters. The fourth-order valence-corrected chi connectivity index (χ4v) is 6.28. The summed E-state index contributed by atoms with van der Waals surface area (Å²) >= 11 is 0. The molecule has 5 rings (SSSR count). The monoisotopic (exact) mass is 610 g/mol. The largest absolute Gasteiger partial charge is 0.479 e. The number of fused-ring (bicyclic) bond motifs is 3. The number of aliphatic carboxylic acids is 1. The molecular weight excluding hydrogens is 568 g/mol. The summed E-state index contributed by atoms with van der Waals surface area (Å²) in [6, 6.07) is 5.65. The van der Waals surface area contributed by atoms with Crippen molar-refractivity contribution >= 4 is 30.0 Å². The zero-order valence-corrected chi connectivity index (χ0v) is 25.5. The molecule has 4 aliphatic rings. The molecule has 44 heavy (non-hydrogen) atoms. The van der Waals surface area contributed by atoms with Crippen LogP contribution in [-0.2, 0) is 36.9 Å². The van der Waals surface area contributed by atoms with Gasteiger partial charge in [-0.05, 0) is 57.6 Å². The van der Waals surface area contributed by atoms with Crippen molar-refractivity contribution in [3.63, 3.8) is 0 Å². The number of nitrogens with one attached hydrogen (secondary N) is 2. The first kappa shape index (κ1) is 31.3. The Morgan fingerprint density at radius 3 is 2.43 bits per heavy atom. The van der Waals surface area contributed by atoms with Crippen LogP contribution in [0.3, 0.4) is 0 Å². The highest BCUT2D eigenvalue weighted by molar-refractivity contribution is 5.96. The Kier molecular flexibility index (Phi) is 8.90. The van der Waals surface area contributed by atoms with Crippen molar-refractivity contribution in [1.82, 2.24) is 20.4 Å². The van der Waals surface area contributed by atoms with Gasteiger partial charge in [0.25, 0.3) is 0 Å². The van der Waals surface area contributed by atoms with Gasteiger partial charge >= 0.3 is 18.2 Å². The molecule has 3 aliphatic heterocycles. The number of carboxylic acid groups (broad SMARTS) is 1. The van der Waals surface area contributed by atoms with Crippen LogP contribution in [0.5, 0.6) is 0 Å². The third-order valence-corrected chi connectivity index (χ3v) is 8.68. The van der Waals surface area contributed by atoms with E-state index in [-0.39, 0.29) is 25.3 Å². The predicted octanol–water partition coefficient (Wildman–Crippen LogP) is 3.48. The Labute approximate surface area is 257 Å². The number of ether oxygens (including phenoxy) is 2. The van der Waals surface area contributed by atoms with Gasteiger partial charge in [-0.3, -0.25) is 14.5 Å². The van der Waals surface area contributed by atoms with Crippen LogP contribution >= 0.6 is 0 Å². The quantitative estimate of drug-likeness (QED) is 0.440. The third kappa shape index (κ3) is 7.00. The minimum Gasteiger partial charge on any atom is -0.479 e. The van der Waals surface area contributed by atoms with Crippen LogP contribution in [0.1, 0.15) is 76.8 Å². The van der Waals surface area contributed by atoms with E-state index in [0.29, 0.717) is 25.9 Å². The molecule has 4 amide bonds. The van der Waals surface area contributed by atoms with Crippen LogP contribution in [0.15, 0.2) is 36.4 Å². The second-order valence-corrected chi connectivity index (χ2v) is 13.2. The lowest BCUT2D eigenvalue weighted by atomic mass is 10.0. The molecule has 2 fully saturated rings. The summed E-state index contributed by atoms with van der Waals surface area (Å²) in [7, 11) is 0. The SMILES string of the molecule is CC(C)(C)OC(=O)N[C@H]1CCCCC/C=C\[C@@H]2C[C@@]2(C(=O)O)NC(=O)[C@@H]2CC(OC(=O)N3Cc4ccccc4C3)CN2C1=O. The standard InChI is InChI=1S/C32H42N4O8/c1-31(2,3)44-29(41)33-24-14-8-6-4-5-7-13-22-16-32(22,28(39)40)34-26(37)25-15-23(19-36(25)27(24)38)43-30(42)35-17-20-11-9-10-12-21(20)18-35/h7,9-13,22-25H,4-6,8,14-19H2,1-3H3,(H,33,41)(H,34,37)(H,39,40)/b13-7-/t22-,23?,24+,25+,32-/m1/s1. The highest BCUT2D eigenvalue weighted by Gasteiger charge is 2.61. The van der Waals surface area contributed by atoms with E-state index in [9.17, 15) is 29.1 Å². The van der Waals surface area contributed by atoms with Crippen molar-refractivity contribution in [1.29, 1.82) is 0 Å². The van der Waals surface area contributed by atoms with Crippen LogP contribution in [0.25, 0.3) is 0 Å². The van der Waals surface area contributed by atoms with Crippen LogP contribution in [-0.4, -0.2) is 80.7 Å². The van der Waals surface area contributed by atoms with E-state index >= 15 is 0 Å². The summed E-state index contributed by atoms with van der Waals surface area (Å²) in [5.74, 6) is -2.63. The number of benzene rings is 1. The Hall–Kier alpha value is -4.09. The molecular formula is C32H42N4O8. The van der Waals surface area contributed by atoms with Gasteiger partial charge in [0, 0.05) is 25.4 Å². The second-order valence-electron chi connectivity index (χ2n) is 13.2. The first-order chi connectivity index (χ1) is 20.9. The Morgan fingerprint density at radius 2 is 1.77 bits per heavy atom. The molecule has 1 saturated carbocycles. The fraction of sp³-hybridized carbons (Fsp3) is 0.594. The van der Waals surface area contributed by atoms with Crippen molar-refractivity contribution < 1.29 is 38.6 Å². The van der Waals surface area contributed by atoms with Gasteiger partial charge in [0.15, 0.2) is 0 Å². The molecule has 0 spiro atoms. The van der Waals surface area contributed by atoms with Crippen molar-refractivity contribution in [3.8, 4) is 0 Å². The average molecular weight is 611 g/mol. The average Bonchev–Trinajstić information content (AvgIpc) is 3.27. The molecule has 3 heterocycles. The van der Waals surface area contributed by atoms with Gasteiger partial charge in [-0.1, -0.05) is 49.3 Å². The molecule has 0 aromatic heterocycles. The fourth-order valence-electron chi connectivity index (χ4n) is 6.28. The highest BCUT2D eigenvalue weighted by atomic mass is 16.6. The molecule has 3 N–H and O–H groups in total. The molecule has 1 saturated heterocycles. The topological polar surface area (TPSA) is 155 Å². The second kappa shape index (κ2) is 12.5. The summed E-state index contributed by atoms with van der Waals surface area (Å²) in [6.45, 7) is 5.89. The van der Waals surface area contributed by atoms with E-state index in [1.54, 1.807) is 25.7 Å². The number of carbonyl (C=O) groups excluding carboxylic acids is 4. The molecule has 1 aromatic rings. The van der Waals surface area contributed by atoms with Gasteiger partial charge in [0.1, 0.15) is 29.3 Å². The maximum atomic E-state index is 14.0. The Balaban J connectivity index is 1.37. The number of allylic oxidation sites excluding steroid dienone is 1. The van der Waals surface area contributed by atoms with Crippen molar-refractivity contribution in [2.24, 2.45) is 5.92 Å². The van der Waals surface area contributed by atoms with Crippen molar-refractivity contribution in [2.75, 3.05) is 6.54 Å². The van der Waals surface area contributed by atoms with Gasteiger partial charge in [0.05, 0.1) is 6.54 Å². The van der Waals surface area contributed by atoms with E-state index in [0.717, 1.165) is 30.4 Å². The van der Waals surface area contributed by atoms with Crippen molar-refractivity contribution in [2.45, 2.75) is 108 Å². The highest BCUT2D eigenvalue weighted by Crippen LogP contribution is 2.45. The summed E-state index contributed by atoms with van der Waals surface area (Å²) in [4.78, 5) is 68.8. The van der Waals surface area contributed by atoms with Gasteiger partial charge < -0.3 is 30.1 Å². The predicted molar refractivity (Wildman–Crippen MR) is 158 cm³/mol. The molecule has 1 aliphatic carbocycles. The number of hydrogen-bond donors (Lipinski definition) is 3. The summed E-state index contributed by atoms with van der Waals surface area (Å²) in [5.41, 5.74) is -0.176. The lowest BCUT2D eigenvalue weighted by molar-refractivity contribution is -0.145. The number of rotatable bonds is 3. The maximum Gasteiger partial charge on any atom is 0.410 e. The van der Waals surface area contributed by atoms with E-state index in [4.69, 9.17) is 9.47 Å². The van der Waals surface area contributed by atoms with Gasteiger partial charge in [-0.15, -0.1) is 0 Å². The van der Waals surface area contributed by atoms with Gasteiger partial charge in [0.2, 0.25) is 11.8 Å². The normalized spacial score (nSPS) is 29.6. The van der Waals surface area contributed by atoms with Crippen LogP contribution in [0.2, 0.25) is 0 Å². The van der Waals surface area contributed by atoms with E-state index in [1.165, 1.54) is 4.90 Å². The van der Waals surface area contributed by atoms with Crippen LogP contribution < -0.4 is 10.6 Å². The summed E-state index contributed by atoms with van der Waals surface area (Å²) in [6.07, 6.45) is 5.25. The van der Waals surface area contributed by atoms with E-state index < -0.39 is 59.3 Å². The van der Waals surface area contributed by atoms with Crippen molar-refractivity contribution in [3.05, 3.63) is 47.5 Å². The molecule has 12 heteroatoms. The molecule has 0 radical (unpaired) electrons. The Morgan fingerprint density at radius 1 is 1.07 bits per heavy atom. The van der Waals surface area contributed by atoms with E-state index in [2.05, 4.69) is 10.6 Å². The minimum absolute atomic E-state index is 0.000531. The Bertz CT molecular complexity index is 1310. The van der Waals surface area contributed by atoms with E-state index in [1.807, 2.05) is 36.4 Å². The lowest BCUT2D eigenvalue weighted by Gasteiger charge is -2.30. The minimum atomic E-state index is -1.45. The molecule has 12 nitrogen and oxygen atoms in total. The smallest absolute Gasteiger partial charge is 0.410 e. The molecule has 1 aromatic carbocycles. The summed E-state index contributed by atoms with van der Waals surface area (Å²) in [5, 5.41) is 15.4. The number of carboxylic acids is 1. The van der Waals surface area contributed by atoms with Crippen LogP contribution in [0.4, 0.5) is 9.59 Å². The lowest BCUT2D eigenvalue weighted by Crippen LogP contribution is -2.56. The zero-order chi connectivity index (χ0) is 31.6. The number of alkyl carbamates (subject to hydrolysis) is 1. The van der Waals surface area contributed by atoms with Crippen LogP contribution in [0, 0.1) is 5.92 Å². The third-order valence-electron chi connectivity index (χ3n) is 8.68. The maximum absolute atomic E-state index is 14.0. The first-order valence-electron chi connectivity index (χ1n) is 15.4. The summed E-state index contributed by atoms with van der Waals surface area (Å²) < 4.78 is 11.2. The number of carbonyl (C=O) groups is 5. The van der Waals surface area contributed by atoms with Gasteiger partial charge in [-0.25, -0.2) is 14.4 Å².